The lowest BCUT2D eigenvalue weighted by atomic mass is 9.84. The number of carbonyl (C=O) groups excluding carboxylic acids is 1. The van der Waals surface area contributed by atoms with E-state index in [0.717, 1.165) is 21.7 Å². The molecule has 7 heteroatoms. The number of thioether (sulfide) groups is 2. The number of hydrogen-bond acceptors (Lipinski definition) is 5. The van der Waals surface area contributed by atoms with Gasteiger partial charge in [-0.3, -0.25) is 9.59 Å². The van der Waals surface area contributed by atoms with Crippen molar-refractivity contribution < 1.29 is 4.79 Å². The monoisotopic (exact) mass is 483 g/mol. The summed E-state index contributed by atoms with van der Waals surface area (Å²) in [6.07, 6.45) is 7.76. The van der Waals surface area contributed by atoms with Gasteiger partial charge in [0.05, 0.1) is 16.3 Å². The van der Waals surface area contributed by atoms with Gasteiger partial charge in [0, 0.05) is 22.6 Å². The highest BCUT2D eigenvalue weighted by atomic mass is 32.2. The first-order valence-electron chi connectivity index (χ1n) is 10.8. The summed E-state index contributed by atoms with van der Waals surface area (Å²) in [5, 5.41) is 0.387. The third kappa shape index (κ3) is 4.90. The highest BCUT2D eigenvalue weighted by molar-refractivity contribution is 8.04. The van der Waals surface area contributed by atoms with Crippen LogP contribution in [0.5, 0.6) is 0 Å². The number of aryl methyl sites for hydroxylation is 1. The van der Waals surface area contributed by atoms with Crippen LogP contribution in [0.15, 0.2) is 110 Å². The van der Waals surface area contributed by atoms with Crippen LogP contribution in [0, 0.1) is 12.8 Å². The highest BCUT2D eigenvalue weighted by Crippen LogP contribution is 2.41. The van der Waals surface area contributed by atoms with Crippen LogP contribution in [0.3, 0.4) is 0 Å². The Morgan fingerprint density at radius 2 is 1.79 bits per heavy atom. The predicted molar refractivity (Wildman–Crippen MR) is 139 cm³/mol. The van der Waals surface area contributed by atoms with Crippen molar-refractivity contribution in [2.24, 2.45) is 10.9 Å². The number of dihydropyridines is 1. The molecule has 2 aliphatic rings. The van der Waals surface area contributed by atoms with Gasteiger partial charge in [0.1, 0.15) is 0 Å². The molecule has 1 N–H and O–H groups in total. The summed E-state index contributed by atoms with van der Waals surface area (Å²) in [5.74, 6) is 0.106. The van der Waals surface area contributed by atoms with Gasteiger partial charge < -0.3 is 4.98 Å². The smallest absolute Gasteiger partial charge is 0.284 e. The molecule has 0 bridgehead atoms. The number of benzene rings is 2. The Morgan fingerprint density at radius 3 is 2.59 bits per heavy atom. The van der Waals surface area contributed by atoms with E-state index >= 15 is 0 Å². The van der Waals surface area contributed by atoms with E-state index in [1.54, 1.807) is 11.8 Å². The molecule has 1 aromatic heterocycles. The number of hydrogen-bond donors (Lipinski definition) is 1. The third-order valence-electron chi connectivity index (χ3n) is 5.45. The van der Waals surface area contributed by atoms with Gasteiger partial charge in [0.25, 0.3) is 11.5 Å². The number of nitrogens with one attached hydrogen (secondary N) is 1. The highest BCUT2D eigenvalue weighted by Gasteiger charge is 2.32. The molecule has 1 aliphatic heterocycles. The summed E-state index contributed by atoms with van der Waals surface area (Å²) in [6.45, 7) is 2.05. The number of H-pyrrole nitrogens is 1. The standard InChI is InChI=1S/C27H21N3O2S2/c1-17-11-13-20(14-12-17)33-16-19-15-23(31)30-27(28-19)34-25-24(18-7-3-2-4-8-18)21-9-5-6-10-22(21)29-26(25)32/h2-15,21H,16H2,1H3,(H,28,30,31). The maximum Gasteiger partial charge on any atom is 0.284 e. The number of amides is 1. The molecule has 2 aromatic carbocycles. The molecule has 0 spiro atoms. The third-order valence-corrected chi connectivity index (χ3v) is 7.48. The lowest BCUT2D eigenvalue weighted by Gasteiger charge is -2.26. The number of nitrogens with zero attached hydrogens (tertiary/aromatic N) is 2. The minimum absolute atomic E-state index is 0.125. The van der Waals surface area contributed by atoms with Crippen molar-refractivity contribution in [1.82, 2.24) is 9.97 Å². The summed E-state index contributed by atoms with van der Waals surface area (Å²) in [6, 6.07) is 19.6. The quantitative estimate of drug-likeness (QED) is 0.365. The average Bonchev–Trinajstić information content (AvgIpc) is 2.84. The zero-order valence-electron chi connectivity index (χ0n) is 18.4. The average molecular weight is 484 g/mol. The molecule has 0 saturated heterocycles. The van der Waals surface area contributed by atoms with Crippen molar-refractivity contribution in [2.75, 3.05) is 0 Å². The second-order valence-electron chi connectivity index (χ2n) is 7.92. The maximum atomic E-state index is 13.1. The molecular weight excluding hydrogens is 462 g/mol. The number of carbonyl (C=O) groups is 1. The van der Waals surface area contributed by atoms with Gasteiger partial charge in [-0.25, -0.2) is 9.98 Å². The van der Waals surface area contributed by atoms with Crippen LogP contribution in [0.25, 0.3) is 5.57 Å². The van der Waals surface area contributed by atoms with Crippen LogP contribution in [0.1, 0.15) is 16.8 Å². The summed E-state index contributed by atoms with van der Waals surface area (Å²) in [5.41, 5.74) is 4.16. The van der Waals surface area contributed by atoms with Gasteiger partial charge in [0.15, 0.2) is 5.16 Å². The largest absolute Gasteiger partial charge is 0.301 e. The van der Waals surface area contributed by atoms with E-state index in [0.29, 0.717) is 21.5 Å². The van der Waals surface area contributed by atoms with Crippen molar-refractivity contribution in [3.05, 3.63) is 117 Å². The van der Waals surface area contributed by atoms with E-state index in [2.05, 4.69) is 39.2 Å². The topological polar surface area (TPSA) is 75.2 Å². The van der Waals surface area contributed by atoms with Gasteiger partial charge in [-0.1, -0.05) is 66.3 Å². The molecule has 0 saturated carbocycles. The van der Waals surface area contributed by atoms with Crippen molar-refractivity contribution in [3.63, 3.8) is 0 Å². The summed E-state index contributed by atoms with van der Waals surface area (Å²) in [4.78, 5) is 38.8. The van der Waals surface area contributed by atoms with Crippen molar-refractivity contribution in [3.8, 4) is 0 Å². The SMILES string of the molecule is Cc1ccc(SCc2cc(=O)[nH]c(SC3=C(c4ccccc4)C4C=CC=CC4=NC3=O)n2)cc1. The van der Waals surface area contributed by atoms with Crippen LogP contribution in [-0.2, 0) is 10.5 Å². The minimum atomic E-state index is -0.322. The summed E-state index contributed by atoms with van der Waals surface area (Å²) in [7, 11) is 0. The molecule has 34 heavy (non-hydrogen) atoms. The number of fused-ring (bicyclic) bond motifs is 1. The second kappa shape index (κ2) is 9.83. The van der Waals surface area contributed by atoms with Gasteiger partial charge in [-0.15, -0.1) is 11.8 Å². The number of rotatable bonds is 6. The molecule has 1 unspecified atom stereocenters. The molecule has 5 nitrogen and oxygen atoms in total. The lowest BCUT2D eigenvalue weighted by Crippen LogP contribution is -2.23. The molecule has 168 valence electrons. The zero-order chi connectivity index (χ0) is 23.5. The van der Waals surface area contributed by atoms with E-state index in [-0.39, 0.29) is 17.4 Å². The molecule has 2 heterocycles. The van der Waals surface area contributed by atoms with Gasteiger partial charge in [-0.05, 0) is 48.0 Å². The second-order valence-corrected chi connectivity index (χ2v) is 9.97. The van der Waals surface area contributed by atoms with E-state index in [1.807, 2.05) is 61.6 Å². The van der Waals surface area contributed by atoms with E-state index < -0.39 is 0 Å². The normalized spacial score (nSPS) is 17.0. The molecule has 1 atom stereocenters. The van der Waals surface area contributed by atoms with Gasteiger partial charge in [0.2, 0.25) is 0 Å². The molecule has 1 amide bonds. The van der Waals surface area contributed by atoms with Crippen LogP contribution in [0.4, 0.5) is 0 Å². The Hall–Kier alpha value is -3.42. The predicted octanol–water partition coefficient (Wildman–Crippen LogP) is 5.60. The fraction of sp³-hybridized carbons (Fsp3) is 0.111. The minimum Gasteiger partial charge on any atom is -0.301 e. The Bertz CT molecular complexity index is 1420. The number of aromatic nitrogens is 2. The van der Waals surface area contributed by atoms with Gasteiger partial charge in [-0.2, -0.15) is 0 Å². The van der Waals surface area contributed by atoms with E-state index in [1.165, 1.54) is 23.4 Å². The number of allylic oxidation sites excluding steroid dienone is 5. The first kappa shape index (κ1) is 22.4. The van der Waals surface area contributed by atoms with Crippen molar-refractivity contribution in [1.29, 1.82) is 0 Å². The van der Waals surface area contributed by atoms with Crippen LogP contribution < -0.4 is 5.56 Å². The molecule has 1 aliphatic carbocycles. The maximum absolute atomic E-state index is 13.1. The first-order chi connectivity index (χ1) is 16.6. The van der Waals surface area contributed by atoms with Crippen LogP contribution >= 0.6 is 23.5 Å². The van der Waals surface area contributed by atoms with Gasteiger partial charge >= 0.3 is 0 Å². The number of aromatic amines is 1. The fourth-order valence-electron chi connectivity index (χ4n) is 3.83. The zero-order valence-corrected chi connectivity index (χ0v) is 20.0. The molecule has 3 aromatic rings. The Kier molecular flexibility index (Phi) is 6.47. The molecular formula is C27H21N3O2S2. The first-order valence-corrected chi connectivity index (χ1v) is 12.6. The Morgan fingerprint density at radius 1 is 1.00 bits per heavy atom. The summed E-state index contributed by atoms with van der Waals surface area (Å²) >= 11 is 2.79. The lowest BCUT2D eigenvalue weighted by molar-refractivity contribution is -0.113. The van der Waals surface area contributed by atoms with Crippen molar-refractivity contribution in [2.45, 2.75) is 22.7 Å². The van der Waals surface area contributed by atoms with E-state index in [9.17, 15) is 9.59 Å². The Labute approximate surface area is 205 Å². The van der Waals surface area contributed by atoms with Crippen molar-refractivity contribution >= 4 is 40.7 Å². The molecule has 5 rings (SSSR count). The molecule has 0 radical (unpaired) electrons. The Balaban J connectivity index is 1.48. The fourth-order valence-corrected chi connectivity index (χ4v) is 5.61. The van der Waals surface area contributed by atoms with E-state index in [4.69, 9.17) is 0 Å². The summed E-state index contributed by atoms with van der Waals surface area (Å²) < 4.78 is 0. The van der Waals surface area contributed by atoms with Crippen LogP contribution in [0.2, 0.25) is 0 Å². The van der Waals surface area contributed by atoms with Crippen LogP contribution in [-0.4, -0.2) is 21.6 Å². The molecule has 0 fully saturated rings. The number of aliphatic imine (C=N–C) groups is 1.